The first kappa shape index (κ1) is 14.6. The molecule has 0 aliphatic carbocycles. The molecule has 1 aromatic heterocycles. The Morgan fingerprint density at radius 2 is 1.95 bits per heavy atom. The molecule has 6 heteroatoms. The van der Waals surface area contributed by atoms with Crippen molar-refractivity contribution < 1.29 is 0 Å². The van der Waals surface area contributed by atoms with Crippen molar-refractivity contribution in [1.82, 2.24) is 15.3 Å². The number of likely N-dealkylation sites (N-methyl/N-ethyl adjacent to an activating group) is 1. The zero-order valence-electron chi connectivity index (χ0n) is 13.0. The van der Waals surface area contributed by atoms with Crippen molar-refractivity contribution in [2.75, 3.05) is 36.1 Å². The Kier molecular flexibility index (Phi) is 4.11. The van der Waals surface area contributed by atoms with Gasteiger partial charge in [-0.1, -0.05) is 29.8 Å². The van der Waals surface area contributed by atoms with Crippen LogP contribution in [0, 0.1) is 6.92 Å². The van der Waals surface area contributed by atoms with Gasteiger partial charge in [-0.15, -0.1) is 0 Å². The molecule has 0 radical (unpaired) electrons. The number of aromatic nitrogens is 2. The minimum atomic E-state index is 0.303. The normalized spacial score (nSPS) is 14.7. The summed E-state index contributed by atoms with van der Waals surface area (Å²) in [4.78, 5) is 10.8. The summed E-state index contributed by atoms with van der Waals surface area (Å²) in [6, 6.07) is 10.9. The Morgan fingerprint density at radius 3 is 2.64 bits per heavy atom. The Bertz CT molecular complexity index is 634. The molecule has 22 heavy (non-hydrogen) atoms. The van der Waals surface area contributed by atoms with Crippen LogP contribution in [0.15, 0.2) is 30.3 Å². The van der Waals surface area contributed by atoms with Gasteiger partial charge in [-0.05, 0) is 19.5 Å². The SMILES string of the molecule is CNC1CN(c2cc(NCc3ccc(C)cc3)nc(N)n2)C1. The van der Waals surface area contributed by atoms with Crippen LogP contribution in [-0.4, -0.2) is 36.1 Å². The van der Waals surface area contributed by atoms with Crippen LogP contribution in [0.3, 0.4) is 0 Å². The second-order valence-electron chi connectivity index (χ2n) is 5.70. The highest BCUT2D eigenvalue weighted by Gasteiger charge is 2.26. The van der Waals surface area contributed by atoms with E-state index in [1.165, 1.54) is 11.1 Å². The van der Waals surface area contributed by atoms with Crippen molar-refractivity contribution >= 4 is 17.6 Å². The van der Waals surface area contributed by atoms with E-state index in [0.717, 1.165) is 31.3 Å². The molecule has 0 unspecified atom stereocenters. The molecule has 0 atom stereocenters. The fourth-order valence-corrected chi connectivity index (χ4v) is 2.45. The average molecular weight is 298 g/mol. The number of nitrogens with zero attached hydrogens (tertiary/aromatic N) is 3. The number of aryl methyl sites for hydroxylation is 1. The molecular formula is C16H22N6. The third kappa shape index (κ3) is 3.28. The second-order valence-corrected chi connectivity index (χ2v) is 5.70. The summed E-state index contributed by atoms with van der Waals surface area (Å²) in [5.41, 5.74) is 8.30. The lowest BCUT2D eigenvalue weighted by atomic mass is 10.1. The van der Waals surface area contributed by atoms with Crippen molar-refractivity contribution in [1.29, 1.82) is 0 Å². The molecule has 2 aromatic rings. The monoisotopic (exact) mass is 298 g/mol. The number of nitrogens with one attached hydrogen (secondary N) is 2. The van der Waals surface area contributed by atoms with E-state index < -0.39 is 0 Å². The van der Waals surface area contributed by atoms with Crippen molar-refractivity contribution in [3.05, 3.63) is 41.5 Å². The highest BCUT2D eigenvalue weighted by molar-refractivity contribution is 5.54. The first-order valence-corrected chi connectivity index (χ1v) is 7.50. The largest absolute Gasteiger partial charge is 0.368 e. The minimum absolute atomic E-state index is 0.303. The molecule has 0 saturated carbocycles. The fourth-order valence-electron chi connectivity index (χ4n) is 2.45. The molecule has 3 rings (SSSR count). The molecule has 0 bridgehead atoms. The van der Waals surface area contributed by atoms with Crippen molar-refractivity contribution in [3.8, 4) is 0 Å². The average Bonchev–Trinajstić information content (AvgIpc) is 2.45. The van der Waals surface area contributed by atoms with E-state index in [2.05, 4.69) is 56.7 Å². The number of anilines is 3. The first-order valence-electron chi connectivity index (χ1n) is 7.50. The van der Waals surface area contributed by atoms with Gasteiger partial charge >= 0.3 is 0 Å². The summed E-state index contributed by atoms with van der Waals surface area (Å²) in [5.74, 6) is 1.94. The van der Waals surface area contributed by atoms with Gasteiger partial charge in [0.1, 0.15) is 11.6 Å². The molecule has 1 aliphatic heterocycles. The molecule has 2 heterocycles. The van der Waals surface area contributed by atoms with Crippen LogP contribution in [0.1, 0.15) is 11.1 Å². The Labute approximate surface area is 130 Å². The maximum absolute atomic E-state index is 5.83. The number of hydrogen-bond acceptors (Lipinski definition) is 6. The Hall–Kier alpha value is -2.34. The van der Waals surface area contributed by atoms with E-state index in [9.17, 15) is 0 Å². The van der Waals surface area contributed by atoms with E-state index in [-0.39, 0.29) is 0 Å². The topological polar surface area (TPSA) is 79.1 Å². The van der Waals surface area contributed by atoms with Crippen LogP contribution >= 0.6 is 0 Å². The zero-order chi connectivity index (χ0) is 15.5. The van der Waals surface area contributed by atoms with E-state index >= 15 is 0 Å². The molecule has 0 amide bonds. The quantitative estimate of drug-likeness (QED) is 0.774. The van der Waals surface area contributed by atoms with Gasteiger partial charge in [0.25, 0.3) is 0 Å². The summed E-state index contributed by atoms with van der Waals surface area (Å²) in [7, 11) is 1.98. The molecule has 1 aromatic carbocycles. The minimum Gasteiger partial charge on any atom is -0.368 e. The number of hydrogen-bond donors (Lipinski definition) is 3. The van der Waals surface area contributed by atoms with E-state index in [1.807, 2.05) is 13.1 Å². The van der Waals surface area contributed by atoms with Crippen molar-refractivity contribution in [3.63, 3.8) is 0 Å². The van der Waals surface area contributed by atoms with Crippen LogP contribution in [0.4, 0.5) is 17.6 Å². The van der Waals surface area contributed by atoms with Gasteiger partial charge in [0.05, 0.1) is 0 Å². The predicted octanol–water partition coefficient (Wildman–Crippen LogP) is 1.39. The summed E-state index contributed by atoms with van der Waals surface area (Å²) >= 11 is 0. The molecule has 0 spiro atoms. The molecule has 1 saturated heterocycles. The van der Waals surface area contributed by atoms with Gasteiger partial charge in [0, 0.05) is 31.7 Å². The van der Waals surface area contributed by atoms with Crippen molar-refractivity contribution in [2.24, 2.45) is 0 Å². The molecule has 4 N–H and O–H groups in total. The molecule has 1 fully saturated rings. The molecular weight excluding hydrogens is 276 g/mol. The summed E-state index contributed by atoms with van der Waals surface area (Å²) < 4.78 is 0. The van der Waals surface area contributed by atoms with Crippen LogP contribution in [0.2, 0.25) is 0 Å². The van der Waals surface area contributed by atoms with Gasteiger partial charge in [-0.25, -0.2) is 0 Å². The van der Waals surface area contributed by atoms with Gasteiger partial charge in [-0.2, -0.15) is 9.97 Å². The van der Waals surface area contributed by atoms with E-state index in [1.54, 1.807) is 0 Å². The second kappa shape index (κ2) is 6.19. The molecule has 6 nitrogen and oxygen atoms in total. The molecule has 116 valence electrons. The third-order valence-corrected chi connectivity index (χ3v) is 3.94. The number of nitrogen functional groups attached to an aromatic ring is 1. The molecule has 1 aliphatic rings. The standard InChI is InChI=1S/C16H22N6/c1-11-3-5-12(6-4-11)8-19-14-7-15(21-16(17)20-14)22-9-13(10-22)18-2/h3-7,13,18H,8-10H2,1-2H3,(H3,17,19,20,21). The lowest BCUT2D eigenvalue weighted by Crippen LogP contribution is -2.57. The maximum Gasteiger partial charge on any atom is 0.223 e. The smallest absolute Gasteiger partial charge is 0.223 e. The predicted molar refractivity (Wildman–Crippen MR) is 90.0 cm³/mol. The van der Waals surface area contributed by atoms with E-state index in [0.29, 0.717) is 12.0 Å². The third-order valence-electron chi connectivity index (χ3n) is 3.94. The summed E-state index contributed by atoms with van der Waals surface area (Å²) in [5, 5.41) is 6.57. The Balaban J connectivity index is 1.66. The van der Waals surface area contributed by atoms with Crippen LogP contribution < -0.4 is 21.3 Å². The van der Waals surface area contributed by atoms with Crippen LogP contribution in [0.25, 0.3) is 0 Å². The summed E-state index contributed by atoms with van der Waals surface area (Å²) in [6.45, 7) is 4.70. The fraction of sp³-hybridized carbons (Fsp3) is 0.375. The van der Waals surface area contributed by atoms with Gasteiger partial charge < -0.3 is 21.3 Å². The number of benzene rings is 1. The first-order chi connectivity index (χ1) is 10.6. The summed E-state index contributed by atoms with van der Waals surface area (Å²) in [6.07, 6.45) is 0. The van der Waals surface area contributed by atoms with Crippen molar-refractivity contribution in [2.45, 2.75) is 19.5 Å². The van der Waals surface area contributed by atoms with Crippen LogP contribution in [0.5, 0.6) is 0 Å². The van der Waals surface area contributed by atoms with Crippen LogP contribution in [-0.2, 0) is 6.54 Å². The zero-order valence-corrected chi connectivity index (χ0v) is 13.0. The van der Waals surface area contributed by atoms with Gasteiger partial charge in [0.2, 0.25) is 5.95 Å². The Morgan fingerprint density at radius 1 is 1.23 bits per heavy atom. The highest BCUT2D eigenvalue weighted by Crippen LogP contribution is 2.22. The van der Waals surface area contributed by atoms with Gasteiger partial charge in [-0.3, -0.25) is 0 Å². The lowest BCUT2D eigenvalue weighted by molar-refractivity contribution is 0.447. The van der Waals surface area contributed by atoms with E-state index in [4.69, 9.17) is 5.73 Å². The van der Waals surface area contributed by atoms with Gasteiger partial charge in [0.15, 0.2) is 0 Å². The number of rotatable bonds is 5. The lowest BCUT2D eigenvalue weighted by Gasteiger charge is -2.40. The maximum atomic E-state index is 5.83. The number of nitrogens with two attached hydrogens (primary N) is 1. The highest BCUT2D eigenvalue weighted by atomic mass is 15.3.